The third-order valence-electron chi connectivity index (χ3n) is 6.27. The number of carbonyl (C=O) groups excluding carboxylic acids is 5. The van der Waals surface area contributed by atoms with Crippen molar-refractivity contribution in [1.82, 2.24) is 4.90 Å². The number of anilines is 2. The van der Waals surface area contributed by atoms with Gasteiger partial charge in [0.05, 0.1) is 34.6 Å². The Kier molecular flexibility index (Phi) is 6.51. The first-order valence-corrected chi connectivity index (χ1v) is 11.8. The van der Waals surface area contributed by atoms with Crippen molar-refractivity contribution in [1.29, 1.82) is 0 Å². The molecule has 3 aromatic carbocycles. The highest BCUT2D eigenvalue weighted by Gasteiger charge is 2.36. The molecule has 0 bridgehead atoms. The lowest BCUT2D eigenvalue weighted by molar-refractivity contribution is -0.119. The summed E-state index contributed by atoms with van der Waals surface area (Å²) < 4.78 is 5.15. The minimum atomic E-state index is -0.803. The summed E-state index contributed by atoms with van der Waals surface area (Å²) in [6, 6.07) is 20.2. The molecule has 2 aliphatic rings. The van der Waals surface area contributed by atoms with E-state index in [0.717, 1.165) is 16.9 Å². The molecule has 9 heteroatoms. The van der Waals surface area contributed by atoms with Gasteiger partial charge in [-0.2, -0.15) is 0 Å². The number of fused-ring (bicyclic) bond motifs is 1. The molecule has 1 saturated heterocycles. The van der Waals surface area contributed by atoms with Gasteiger partial charge in [-0.15, -0.1) is 0 Å². The predicted molar refractivity (Wildman–Crippen MR) is 134 cm³/mol. The minimum absolute atomic E-state index is 0.0138. The number of imide groups is 1. The van der Waals surface area contributed by atoms with E-state index in [0.29, 0.717) is 24.3 Å². The fourth-order valence-electron chi connectivity index (χ4n) is 4.45. The van der Waals surface area contributed by atoms with Gasteiger partial charge in [-0.1, -0.05) is 42.5 Å². The quantitative estimate of drug-likeness (QED) is 0.395. The maximum atomic E-state index is 12.9. The number of esters is 1. The Bertz CT molecular complexity index is 1420. The van der Waals surface area contributed by atoms with E-state index in [-0.39, 0.29) is 29.1 Å². The van der Waals surface area contributed by atoms with E-state index in [1.807, 2.05) is 30.3 Å². The fraction of sp³-hybridized carbons (Fsp3) is 0.179. The van der Waals surface area contributed by atoms with E-state index in [4.69, 9.17) is 4.74 Å². The highest BCUT2D eigenvalue weighted by Crippen LogP contribution is 2.29. The molecule has 1 fully saturated rings. The molecule has 2 aliphatic heterocycles. The monoisotopic (exact) mass is 497 g/mol. The third kappa shape index (κ3) is 4.84. The number of hydrogen-bond donors (Lipinski definition) is 1. The molecule has 37 heavy (non-hydrogen) atoms. The Balaban J connectivity index is 1.23. The summed E-state index contributed by atoms with van der Waals surface area (Å²) in [5.74, 6) is -2.32. The summed E-state index contributed by atoms with van der Waals surface area (Å²) >= 11 is 0. The van der Waals surface area contributed by atoms with Crippen molar-refractivity contribution >= 4 is 41.0 Å². The molecule has 0 radical (unpaired) electrons. The van der Waals surface area contributed by atoms with Gasteiger partial charge in [-0.3, -0.25) is 24.1 Å². The van der Waals surface area contributed by atoms with Crippen LogP contribution in [0.5, 0.6) is 0 Å². The van der Waals surface area contributed by atoms with Crippen LogP contribution in [0.2, 0.25) is 0 Å². The molecule has 1 N–H and O–H groups in total. The molecule has 0 aromatic heterocycles. The number of nitrogens with one attached hydrogen (secondary N) is 1. The summed E-state index contributed by atoms with van der Waals surface area (Å²) in [7, 11) is 0. The Hall–Kier alpha value is -4.79. The Morgan fingerprint density at radius 1 is 0.865 bits per heavy atom. The first-order chi connectivity index (χ1) is 17.9. The zero-order valence-corrected chi connectivity index (χ0v) is 19.8. The summed E-state index contributed by atoms with van der Waals surface area (Å²) in [6.45, 7) is 0.131. The lowest BCUT2D eigenvalue weighted by atomic mass is 10.1. The molecule has 0 unspecified atom stereocenters. The van der Waals surface area contributed by atoms with Crippen LogP contribution in [-0.4, -0.2) is 47.6 Å². The molecule has 0 saturated carbocycles. The lowest BCUT2D eigenvalue weighted by Crippen LogP contribution is -2.29. The van der Waals surface area contributed by atoms with Gasteiger partial charge in [0, 0.05) is 13.0 Å². The van der Waals surface area contributed by atoms with Crippen molar-refractivity contribution in [2.75, 3.05) is 23.4 Å². The molecule has 3 aromatic rings. The van der Waals surface area contributed by atoms with Crippen LogP contribution in [0, 0.1) is 0 Å². The largest absolute Gasteiger partial charge is 0.452 e. The normalized spacial score (nSPS) is 14.6. The summed E-state index contributed by atoms with van der Waals surface area (Å²) in [5, 5.41) is 2.68. The molecule has 4 amide bonds. The summed E-state index contributed by atoms with van der Waals surface area (Å²) in [4.78, 5) is 65.6. The van der Waals surface area contributed by atoms with Crippen LogP contribution in [0.1, 0.15) is 49.5 Å². The number of para-hydroxylation sites is 2. The van der Waals surface area contributed by atoms with Crippen LogP contribution in [-0.2, 0) is 20.9 Å². The average Bonchev–Trinajstić information content (AvgIpc) is 3.44. The molecule has 0 spiro atoms. The van der Waals surface area contributed by atoms with Gasteiger partial charge in [-0.25, -0.2) is 4.79 Å². The number of amides is 4. The van der Waals surface area contributed by atoms with Crippen molar-refractivity contribution in [3.63, 3.8) is 0 Å². The van der Waals surface area contributed by atoms with Gasteiger partial charge in [0.25, 0.3) is 17.7 Å². The van der Waals surface area contributed by atoms with Crippen molar-refractivity contribution in [3.8, 4) is 0 Å². The average molecular weight is 498 g/mol. The van der Waals surface area contributed by atoms with Crippen molar-refractivity contribution in [2.45, 2.75) is 19.4 Å². The summed E-state index contributed by atoms with van der Waals surface area (Å²) in [6.07, 6.45) is 1.20. The smallest absolute Gasteiger partial charge is 0.338 e. The molecule has 0 aliphatic carbocycles. The van der Waals surface area contributed by atoms with E-state index in [1.165, 1.54) is 18.2 Å². The summed E-state index contributed by atoms with van der Waals surface area (Å²) in [5.41, 5.74) is 2.22. The number of benzene rings is 3. The maximum Gasteiger partial charge on any atom is 0.338 e. The molecule has 5 rings (SSSR count). The van der Waals surface area contributed by atoms with Crippen molar-refractivity contribution < 1.29 is 28.7 Å². The number of carbonyl (C=O) groups is 5. The molecular weight excluding hydrogens is 474 g/mol. The second-order valence-electron chi connectivity index (χ2n) is 8.73. The highest BCUT2D eigenvalue weighted by atomic mass is 16.5. The Morgan fingerprint density at radius 3 is 2.35 bits per heavy atom. The second kappa shape index (κ2) is 10.1. The SMILES string of the molecule is O=C(COC(=O)c1ccc2c(c1)C(=O)N(Cc1ccccc1)C2=O)Nc1ccccc1N1CCCC1=O. The number of hydrogen-bond acceptors (Lipinski definition) is 6. The van der Waals surface area contributed by atoms with Gasteiger partial charge in [0.2, 0.25) is 5.91 Å². The molecule has 9 nitrogen and oxygen atoms in total. The Labute approximate surface area is 212 Å². The number of nitrogens with zero attached hydrogens (tertiary/aromatic N) is 2. The van der Waals surface area contributed by atoms with Crippen LogP contribution in [0.15, 0.2) is 72.8 Å². The second-order valence-corrected chi connectivity index (χ2v) is 8.73. The molecule has 186 valence electrons. The zero-order chi connectivity index (χ0) is 25.9. The first kappa shape index (κ1) is 23.9. The maximum absolute atomic E-state index is 12.9. The first-order valence-electron chi connectivity index (χ1n) is 11.8. The molecule has 2 heterocycles. The van der Waals surface area contributed by atoms with Gasteiger partial charge in [-0.05, 0) is 42.3 Å². The van der Waals surface area contributed by atoms with Gasteiger partial charge in [0.15, 0.2) is 6.61 Å². The number of rotatable bonds is 7. The van der Waals surface area contributed by atoms with Crippen LogP contribution in [0.4, 0.5) is 11.4 Å². The fourth-order valence-corrected chi connectivity index (χ4v) is 4.45. The van der Waals surface area contributed by atoms with E-state index < -0.39 is 30.3 Å². The Morgan fingerprint density at radius 2 is 1.59 bits per heavy atom. The molecule has 0 atom stereocenters. The van der Waals surface area contributed by atoms with Crippen LogP contribution >= 0.6 is 0 Å². The number of ether oxygens (including phenoxy) is 1. The van der Waals surface area contributed by atoms with Crippen molar-refractivity contribution in [3.05, 3.63) is 95.1 Å². The van der Waals surface area contributed by atoms with Crippen molar-refractivity contribution in [2.24, 2.45) is 0 Å². The standard InChI is InChI=1S/C28H23N3O6/c32-24(29-22-9-4-5-10-23(22)30-14-6-11-25(30)33)17-37-28(36)19-12-13-20-21(15-19)27(35)31(26(20)34)16-18-7-2-1-3-8-18/h1-5,7-10,12-13,15H,6,11,14,16-17H2,(H,29,32). The van der Waals surface area contributed by atoms with E-state index in [9.17, 15) is 24.0 Å². The zero-order valence-electron chi connectivity index (χ0n) is 19.8. The van der Waals surface area contributed by atoms with Crippen LogP contribution < -0.4 is 10.2 Å². The van der Waals surface area contributed by atoms with Gasteiger partial charge < -0.3 is 15.0 Å². The van der Waals surface area contributed by atoms with Crippen LogP contribution in [0.25, 0.3) is 0 Å². The highest BCUT2D eigenvalue weighted by molar-refractivity contribution is 6.22. The molecular formula is C28H23N3O6. The topological polar surface area (TPSA) is 113 Å². The third-order valence-corrected chi connectivity index (χ3v) is 6.27. The van der Waals surface area contributed by atoms with Gasteiger partial charge >= 0.3 is 5.97 Å². The van der Waals surface area contributed by atoms with Crippen LogP contribution in [0.3, 0.4) is 0 Å². The van der Waals surface area contributed by atoms with E-state index in [2.05, 4.69) is 5.32 Å². The van der Waals surface area contributed by atoms with E-state index in [1.54, 1.807) is 29.2 Å². The van der Waals surface area contributed by atoms with E-state index >= 15 is 0 Å². The predicted octanol–water partition coefficient (Wildman–Crippen LogP) is 3.41. The van der Waals surface area contributed by atoms with Gasteiger partial charge in [0.1, 0.15) is 0 Å². The minimum Gasteiger partial charge on any atom is -0.452 e. The lowest BCUT2D eigenvalue weighted by Gasteiger charge is -2.19.